The van der Waals surface area contributed by atoms with Crippen molar-refractivity contribution >= 4 is 11.8 Å². The molecule has 0 radical (unpaired) electrons. The minimum atomic E-state index is -1.05. The Balaban J connectivity index is 1.96. The summed E-state index contributed by atoms with van der Waals surface area (Å²) >= 11 is 0. The highest BCUT2D eigenvalue weighted by molar-refractivity contribution is 6.10. The van der Waals surface area contributed by atoms with Gasteiger partial charge in [-0.05, 0) is 23.3 Å². The van der Waals surface area contributed by atoms with Crippen molar-refractivity contribution < 1.29 is 19.4 Å². The average molecular weight is 271 g/mol. The van der Waals surface area contributed by atoms with E-state index in [1.165, 1.54) is 16.8 Å². The Morgan fingerprint density at radius 1 is 1.15 bits per heavy atom. The molecule has 5 nitrogen and oxygen atoms in total. The van der Waals surface area contributed by atoms with Crippen LogP contribution >= 0.6 is 0 Å². The molecule has 0 amide bonds. The van der Waals surface area contributed by atoms with Crippen LogP contribution < -0.4 is 0 Å². The molecule has 1 aliphatic rings. The van der Waals surface area contributed by atoms with E-state index in [-0.39, 0.29) is 11.5 Å². The summed E-state index contributed by atoms with van der Waals surface area (Å²) in [5.41, 5.74) is 3.14. The number of aromatic carboxylic acids is 1. The summed E-state index contributed by atoms with van der Waals surface area (Å²) in [6.07, 6.45) is 1.54. The summed E-state index contributed by atoms with van der Waals surface area (Å²) in [6, 6.07) is 6.85. The highest BCUT2D eigenvalue weighted by Gasteiger charge is 2.18. The average Bonchev–Trinajstić information content (AvgIpc) is 3.02. The van der Waals surface area contributed by atoms with Gasteiger partial charge < -0.3 is 14.4 Å². The lowest BCUT2D eigenvalue weighted by atomic mass is 10.0. The van der Waals surface area contributed by atoms with E-state index in [2.05, 4.69) is 0 Å². The standard InChI is InChI=1S/C15H13NO4/c1-16-6-11(5-13(16)15(18)19)14(17)9-2-3-10-7-20-8-12(10)4-9/h2-6H,7-8H2,1H3,(H,18,19). The van der Waals surface area contributed by atoms with E-state index in [0.29, 0.717) is 24.3 Å². The first-order valence-electron chi connectivity index (χ1n) is 6.20. The van der Waals surface area contributed by atoms with Gasteiger partial charge in [-0.2, -0.15) is 0 Å². The van der Waals surface area contributed by atoms with Gasteiger partial charge in [-0.15, -0.1) is 0 Å². The lowest BCUT2D eigenvalue weighted by Gasteiger charge is -2.01. The largest absolute Gasteiger partial charge is 0.477 e. The molecule has 1 N–H and O–H groups in total. The highest BCUT2D eigenvalue weighted by atomic mass is 16.5. The van der Waals surface area contributed by atoms with Crippen LogP contribution in [-0.4, -0.2) is 21.4 Å². The van der Waals surface area contributed by atoms with Gasteiger partial charge in [-0.1, -0.05) is 12.1 Å². The number of ketones is 1. The van der Waals surface area contributed by atoms with Crippen LogP contribution in [-0.2, 0) is 25.0 Å². The summed E-state index contributed by atoms with van der Waals surface area (Å²) in [7, 11) is 1.61. The van der Waals surface area contributed by atoms with Crippen molar-refractivity contribution in [3.63, 3.8) is 0 Å². The second-order valence-corrected chi connectivity index (χ2v) is 4.84. The van der Waals surface area contributed by atoms with Crippen molar-refractivity contribution in [2.24, 2.45) is 7.05 Å². The SMILES string of the molecule is Cn1cc(C(=O)c2ccc3c(c2)COC3)cc1C(=O)O. The molecule has 2 heterocycles. The van der Waals surface area contributed by atoms with Gasteiger partial charge in [-0.3, -0.25) is 4.79 Å². The zero-order valence-electron chi connectivity index (χ0n) is 10.9. The van der Waals surface area contributed by atoms with Crippen LogP contribution in [0.2, 0.25) is 0 Å². The maximum absolute atomic E-state index is 12.4. The molecule has 2 aromatic rings. The second-order valence-electron chi connectivity index (χ2n) is 4.84. The normalized spacial score (nSPS) is 13.2. The number of hydrogen-bond acceptors (Lipinski definition) is 3. The molecule has 1 aromatic carbocycles. The van der Waals surface area contributed by atoms with Gasteiger partial charge in [0.2, 0.25) is 0 Å². The Morgan fingerprint density at radius 3 is 2.60 bits per heavy atom. The van der Waals surface area contributed by atoms with Gasteiger partial charge in [-0.25, -0.2) is 4.79 Å². The number of hydrogen-bond donors (Lipinski definition) is 1. The van der Waals surface area contributed by atoms with E-state index >= 15 is 0 Å². The quantitative estimate of drug-likeness (QED) is 0.867. The predicted molar refractivity (Wildman–Crippen MR) is 70.7 cm³/mol. The molecule has 0 spiro atoms. The van der Waals surface area contributed by atoms with Gasteiger partial charge in [0.15, 0.2) is 5.78 Å². The maximum atomic E-state index is 12.4. The van der Waals surface area contributed by atoms with Crippen LogP contribution in [0.15, 0.2) is 30.5 Å². The first-order chi connectivity index (χ1) is 9.56. The van der Waals surface area contributed by atoms with Crippen molar-refractivity contribution in [2.45, 2.75) is 13.2 Å². The van der Waals surface area contributed by atoms with E-state index in [0.717, 1.165) is 11.1 Å². The molecule has 0 saturated carbocycles. The minimum absolute atomic E-state index is 0.0952. The van der Waals surface area contributed by atoms with E-state index in [1.807, 2.05) is 12.1 Å². The second kappa shape index (κ2) is 4.61. The molecule has 0 saturated heterocycles. The number of benzene rings is 1. The Bertz CT molecular complexity index is 715. The molecule has 1 aromatic heterocycles. The molecule has 0 bridgehead atoms. The Hall–Kier alpha value is -2.40. The number of aryl methyl sites for hydroxylation is 1. The topological polar surface area (TPSA) is 68.5 Å². The number of aromatic nitrogens is 1. The van der Waals surface area contributed by atoms with Crippen LogP contribution in [0.4, 0.5) is 0 Å². The van der Waals surface area contributed by atoms with E-state index in [1.54, 1.807) is 13.1 Å². The van der Waals surface area contributed by atoms with Gasteiger partial charge in [0.05, 0.1) is 13.2 Å². The van der Waals surface area contributed by atoms with E-state index in [4.69, 9.17) is 9.84 Å². The number of rotatable bonds is 3. The van der Waals surface area contributed by atoms with Crippen LogP contribution in [0.25, 0.3) is 0 Å². The molecule has 102 valence electrons. The molecule has 20 heavy (non-hydrogen) atoms. The van der Waals surface area contributed by atoms with Gasteiger partial charge in [0.25, 0.3) is 0 Å². The maximum Gasteiger partial charge on any atom is 0.352 e. The first-order valence-corrected chi connectivity index (χ1v) is 6.20. The van der Waals surface area contributed by atoms with E-state index in [9.17, 15) is 9.59 Å². The van der Waals surface area contributed by atoms with Crippen LogP contribution in [0.5, 0.6) is 0 Å². The van der Waals surface area contributed by atoms with Crippen LogP contribution in [0, 0.1) is 0 Å². The fourth-order valence-electron chi connectivity index (χ4n) is 2.38. The number of nitrogens with zero attached hydrogens (tertiary/aromatic N) is 1. The molecule has 0 unspecified atom stereocenters. The van der Waals surface area contributed by atoms with Crippen molar-refractivity contribution in [1.82, 2.24) is 4.57 Å². The molecule has 1 aliphatic heterocycles. The van der Waals surface area contributed by atoms with Crippen molar-refractivity contribution in [3.05, 3.63) is 58.4 Å². The summed E-state index contributed by atoms with van der Waals surface area (Å²) in [4.78, 5) is 23.4. The molecule has 3 rings (SSSR count). The smallest absolute Gasteiger partial charge is 0.352 e. The highest BCUT2D eigenvalue weighted by Crippen LogP contribution is 2.22. The number of carbonyl (C=O) groups is 2. The van der Waals surface area contributed by atoms with Crippen LogP contribution in [0.3, 0.4) is 0 Å². The molecule has 0 atom stereocenters. The Labute approximate surface area is 115 Å². The van der Waals surface area contributed by atoms with Gasteiger partial charge in [0.1, 0.15) is 5.69 Å². The zero-order chi connectivity index (χ0) is 14.3. The third kappa shape index (κ3) is 2.02. The summed E-state index contributed by atoms with van der Waals surface area (Å²) in [5, 5.41) is 9.01. The van der Waals surface area contributed by atoms with E-state index < -0.39 is 5.97 Å². The zero-order valence-corrected chi connectivity index (χ0v) is 10.9. The first kappa shape index (κ1) is 12.6. The molecular formula is C15H13NO4. The minimum Gasteiger partial charge on any atom is -0.477 e. The Morgan fingerprint density at radius 2 is 1.90 bits per heavy atom. The number of carboxylic acid groups (broad SMARTS) is 1. The summed E-state index contributed by atoms with van der Waals surface area (Å²) in [6.45, 7) is 1.10. The van der Waals surface area contributed by atoms with Crippen molar-refractivity contribution in [1.29, 1.82) is 0 Å². The lowest BCUT2D eigenvalue weighted by molar-refractivity contribution is 0.0686. The number of fused-ring (bicyclic) bond motifs is 1. The molecule has 5 heteroatoms. The lowest BCUT2D eigenvalue weighted by Crippen LogP contribution is -2.02. The Kier molecular flexibility index (Phi) is 2.91. The monoisotopic (exact) mass is 271 g/mol. The number of carbonyl (C=O) groups excluding carboxylic acids is 1. The third-order valence-corrected chi connectivity index (χ3v) is 3.47. The molecule has 0 fully saturated rings. The summed E-state index contributed by atoms with van der Waals surface area (Å²) < 4.78 is 6.75. The fraction of sp³-hybridized carbons (Fsp3) is 0.200. The number of carboxylic acids is 1. The summed E-state index contributed by atoms with van der Waals surface area (Å²) in [5.74, 6) is -1.23. The third-order valence-electron chi connectivity index (χ3n) is 3.47. The molecular weight excluding hydrogens is 258 g/mol. The molecule has 0 aliphatic carbocycles. The predicted octanol–water partition coefficient (Wildman–Crippen LogP) is 1.98. The number of ether oxygens (including phenoxy) is 1. The van der Waals surface area contributed by atoms with Gasteiger partial charge in [0, 0.05) is 24.4 Å². The van der Waals surface area contributed by atoms with Gasteiger partial charge >= 0.3 is 5.97 Å². The fourth-order valence-corrected chi connectivity index (χ4v) is 2.38. The van der Waals surface area contributed by atoms with Crippen LogP contribution in [0.1, 0.15) is 37.5 Å². The van der Waals surface area contributed by atoms with Crippen molar-refractivity contribution in [2.75, 3.05) is 0 Å². The van der Waals surface area contributed by atoms with Crippen molar-refractivity contribution in [3.8, 4) is 0 Å².